The van der Waals surface area contributed by atoms with Crippen LogP contribution < -0.4 is 15.5 Å². The number of nitrogens with one attached hydrogen (secondary N) is 2. The first-order chi connectivity index (χ1) is 12.4. The maximum Gasteiger partial charge on any atom is 0.265 e. The molecule has 134 valence electrons. The summed E-state index contributed by atoms with van der Waals surface area (Å²) in [5, 5.41) is 6.02. The lowest BCUT2D eigenvalue weighted by Crippen LogP contribution is -2.12. The van der Waals surface area contributed by atoms with Gasteiger partial charge < -0.3 is 15.5 Å². The third-order valence-electron chi connectivity index (χ3n) is 3.49. The highest BCUT2D eigenvalue weighted by molar-refractivity contribution is 7.18. The van der Waals surface area contributed by atoms with Crippen LogP contribution in [-0.4, -0.2) is 30.0 Å². The number of aryl methyl sites for hydroxylation is 1. The van der Waals surface area contributed by atoms with E-state index in [0.717, 1.165) is 17.2 Å². The average Bonchev–Trinajstić information content (AvgIpc) is 3.03. The number of rotatable bonds is 5. The fourth-order valence-corrected chi connectivity index (χ4v) is 3.17. The summed E-state index contributed by atoms with van der Waals surface area (Å²) in [6.07, 6.45) is 0. The lowest BCUT2D eigenvalue weighted by atomic mass is 10.2. The molecule has 0 spiro atoms. The van der Waals surface area contributed by atoms with Gasteiger partial charge in [0, 0.05) is 37.2 Å². The monoisotopic (exact) mass is 387 g/mol. The first-order valence-electron chi connectivity index (χ1n) is 7.87. The topological polar surface area (TPSA) is 70.2 Å². The van der Waals surface area contributed by atoms with Gasteiger partial charge in [-0.1, -0.05) is 11.6 Å². The largest absolute Gasteiger partial charge is 0.363 e. The minimum atomic E-state index is -0.180. The zero-order chi connectivity index (χ0) is 18.7. The van der Waals surface area contributed by atoms with Crippen molar-refractivity contribution in [1.82, 2.24) is 9.97 Å². The van der Waals surface area contributed by atoms with Crippen molar-refractivity contribution >= 4 is 52.0 Å². The molecule has 0 saturated carbocycles. The molecule has 0 radical (unpaired) electrons. The summed E-state index contributed by atoms with van der Waals surface area (Å²) in [7, 11) is 3.87. The molecule has 1 aromatic carbocycles. The number of anilines is 4. The number of aromatic nitrogens is 2. The molecule has 8 heteroatoms. The van der Waals surface area contributed by atoms with Gasteiger partial charge in [-0.05, 0) is 43.3 Å². The van der Waals surface area contributed by atoms with Gasteiger partial charge in [0.05, 0.1) is 9.21 Å². The van der Waals surface area contributed by atoms with Crippen molar-refractivity contribution in [3.63, 3.8) is 0 Å². The van der Waals surface area contributed by atoms with Crippen LogP contribution >= 0.6 is 22.9 Å². The minimum Gasteiger partial charge on any atom is -0.363 e. The molecule has 1 amide bonds. The van der Waals surface area contributed by atoms with E-state index in [2.05, 4.69) is 20.6 Å². The number of amides is 1. The molecule has 0 aliphatic heterocycles. The van der Waals surface area contributed by atoms with E-state index in [1.807, 2.05) is 56.3 Å². The van der Waals surface area contributed by atoms with Gasteiger partial charge in [0.2, 0.25) is 5.95 Å². The Balaban J connectivity index is 1.69. The van der Waals surface area contributed by atoms with Crippen LogP contribution in [-0.2, 0) is 0 Å². The summed E-state index contributed by atoms with van der Waals surface area (Å²) in [6, 6.07) is 12.7. The van der Waals surface area contributed by atoms with E-state index in [1.165, 1.54) is 11.3 Å². The number of nitrogens with zero attached hydrogens (tertiary/aromatic N) is 3. The number of hydrogen-bond acceptors (Lipinski definition) is 6. The third-order valence-corrected chi connectivity index (χ3v) is 4.72. The Labute approximate surface area is 160 Å². The quantitative estimate of drug-likeness (QED) is 0.671. The van der Waals surface area contributed by atoms with Crippen LogP contribution in [0.1, 0.15) is 15.4 Å². The molecular formula is C18H18ClN5OS. The normalized spacial score (nSPS) is 10.5. The first kappa shape index (κ1) is 18.2. The fourth-order valence-electron chi connectivity index (χ4n) is 2.23. The fraction of sp³-hybridized carbons (Fsp3) is 0.167. The van der Waals surface area contributed by atoms with Gasteiger partial charge in [-0.2, -0.15) is 4.98 Å². The molecule has 2 heterocycles. The van der Waals surface area contributed by atoms with E-state index < -0.39 is 0 Å². The van der Waals surface area contributed by atoms with E-state index >= 15 is 0 Å². The second-order valence-corrected chi connectivity index (χ2v) is 7.56. The molecule has 2 N–H and O–H groups in total. The zero-order valence-electron chi connectivity index (χ0n) is 14.6. The van der Waals surface area contributed by atoms with Gasteiger partial charge >= 0.3 is 0 Å². The number of hydrogen-bond donors (Lipinski definition) is 2. The summed E-state index contributed by atoms with van der Waals surface area (Å²) >= 11 is 7.11. The number of halogens is 1. The molecule has 6 nitrogen and oxygen atoms in total. The second kappa shape index (κ2) is 7.72. The van der Waals surface area contributed by atoms with Crippen molar-refractivity contribution in [2.75, 3.05) is 29.6 Å². The Kier molecular flexibility index (Phi) is 5.39. The SMILES string of the molecule is Cc1cc(N(C)C)nc(Nc2ccc(NC(=O)c3ccc(Cl)s3)cc2)n1. The van der Waals surface area contributed by atoms with Crippen molar-refractivity contribution in [1.29, 1.82) is 0 Å². The second-order valence-electron chi connectivity index (χ2n) is 5.85. The zero-order valence-corrected chi connectivity index (χ0v) is 16.1. The summed E-state index contributed by atoms with van der Waals surface area (Å²) < 4.78 is 0.588. The molecule has 0 bridgehead atoms. The van der Waals surface area contributed by atoms with Crippen LogP contribution in [0.5, 0.6) is 0 Å². The molecule has 0 aliphatic rings. The van der Waals surface area contributed by atoms with E-state index in [0.29, 0.717) is 20.8 Å². The molecule has 0 fully saturated rings. The van der Waals surface area contributed by atoms with Gasteiger partial charge in [-0.25, -0.2) is 4.98 Å². The van der Waals surface area contributed by atoms with Crippen molar-refractivity contribution in [2.24, 2.45) is 0 Å². The number of benzene rings is 1. The van der Waals surface area contributed by atoms with Crippen LogP contribution in [0.25, 0.3) is 0 Å². The molecule has 2 aromatic heterocycles. The molecule has 3 aromatic rings. The lowest BCUT2D eigenvalue weighted by Gasteiger charge is -2.14. The van der Waals surface area contributed by atoms with Crippen LogP contribution in [0.15, 0.2) is 42.5 Å². The smallest absolute Gasteiger partial charge is 0.265 e. The van der Waals surface area contributed by atoms with Gasteiger partial charge in [0.15, 0.2) is 0 Å². The number of carbonyl (C=O) groups excluding carboxylic acids is 1. The molecular weight excluding hydrogens is 370 g/mol. The molecule has 0 saturated heterocycles. The van der Waals surface area contributed by atoms with Gasteiger partial charge in [-0.3, -0.25) is 4.79 Å². The standard InChI is InChI=1S/C18H18ClN5OS/c1-11-10-16(24(2)3)23-18(20-11)22-13-6-4-12(5-7-13)21-17(25)14-8-9-15(19)26-14/h4-10H,1-3H3,(H,21,25)(H,20,22,23). The van der Waals surface area contributed by atoms with Crippen molar-refractivity contribution in [3.05, 3.63) is 57.4 Å². The Morgan fingerprint density at radius 2 is 1.77 bits per heavy atom. The minimum absolute atomic E-state index is 0.180. The average molecular weight is 388 g/mol. The van der Waals surface area contributed by atoms with E-state index in [9.17, 15) is 4.79 Å². The third kappa shape index (κ3) is 4.50. The number of carbonyl (C=O) groups is 1. The summed E-state index contributed by atoms with van der Waals surface area (Å²) in [4.78, 5) is 23.5. The molecule has 0 atom stereocenters. The Hall–Kier alpha value is -2.64. The Bertz CT molecular complexity index is 924. The maximum absolute atomic E-state index is 12.1. The highest BCUT2D eigenvalue weighted by atomic mass is 35.5. The van der Waals surface area contributed by atoms with E-state index in [1.54, 1.807) is 12.1 Å². The van der Waals surface area contributed by atoms with Crippen molar-refractivity contribution in [2.45, 2.75) is 6.92 Å². The molecule has 0 unspecified atom stereocenters. The summed E-state index contributed by atoms with van der Waals surface area (Å²) in [5.41, 5.74) is 2.41. The van der Waals surface area contributed by atoms with Gasteiger partial charge in [0.1, 0.15) is 5.82 Å². The summed E-state index contributed by atoms with van der Waals surface area (Å²) in [5.74, 6) is 1.18. The number of thiophene rings is 1. The lowest BCUT2D eigenvalue weighted by molar-refractivity contribution is 0.103. The van der Waals surface area contributed by atoms with E-state index in [-0.39, 0.29) is 5.91 Å². The van der Waals surface area contributed by atoms with Crippen LogP contribution in [0.2, 0.25) is 4.34 Å². The first-order valence-corrected chi connectivity index (χ1v) is 9.07. The van der Waals surface area contributed by atoms with Crippen molar-refractivity contribution in [3.8, 4) is 0 Å². The Morgan fingerprint density at radius 1 is 1.08 bits per heavy atom. The van der Waals surface area contributed by atoms with Gasteiger partial charge in [0.25, 0.3) is 5.91 Å². The highest BCUT2D eigenvalue weighted by Gasteiger charge is 2.09. The van der Waals surface area contributed by atoms with Gasteiger partial charge in [-0.15, -0.1) is 11.3 Å². The van der Waals surface area contributed by atoms with Crippen molar-refractivity contribution < 1.29 is 4.79 Å². The highest BCUT2D eigenvalue weighted by Crippen LogP contribution is 2.23. The Morgan fingerprint density at radius 3 is 2.38 bits per heavy atom. The van der Waals surface area contributed by atoms with Crippen LogP contribution in [0.4, 0.5) is 23.1 Å². The molecule has 26 heavy (non-hydrogen) atoms. The van der Waals surface area contributed by atoms with Crippen LogP contribution in [0, 0.1) is 6.92 Å². The maximum atomic E-state index is 12.1. The predicted molar refractivity (Wildman–Crippen MR) is 108 cm³/mol. The van der Waals surface area contributed by atoms with Crippen LogP contribution in [0.3, 0.4) is 0 Å². The van der Waals surface area contributed by atoms with E-state index in [4.69, 9.17) is 11.6 Å². The summed E-state index contributed by atoms with van der Waals surface area (Å²) in [6.45, 7) is 1.93. The molecule has 3 rings (SSSR count). The molecule has 0 aliphatic carbocycles. The predicted octanol–water partition coefficient (Wildman–Crippen LogP) is 4.56.